The standard InChI is InChI=1S/C36H45ClF3N5O5S/c1-33(2,3)50-32(47)44-23-24(22-34(44,4)5)8-6-7-20-48-25-9-11-26(12-10-25)51-43-31(46)27-13-14-28(41-30(27)37)45-19-15-29(42-45)49-21-18-35(16-17-35)36(38,39)40/h9-15,19,24H,6-8,16-18,20-23H2,1-5H3,(H,43,46). The van der Waals surface area contributed by atoms with Gasteiger partial charge in [-0.1, -0.05) is 11.6 Å². The Labute approximate surface area is 305 Å². The predicted octanol–water partition coefficient (Wildman–Crippen LogP) is 9.05. The van der Waals surface area contributed by atoms with Gasteiger partial charge in [-0.2, -0.15) is 13.2 Å². The summed E-state index contributed by atoms with van der Waals surface area (Å²) in [5.74, 6) is 1.20. The maximum atomic E-state index is 13.1. The molecule has 278 valence electrons. The van der Waals surface area contributed by atoms with Crippen LogP contribution in [0.3, 0.4) is 0 Å². The lowest BCUT2D eigenvalue weighted by Gasteiger charge is -2.33. The summed E-state index contributed by atoms with van der Waals surface area (Å²) in [7, 11) is 0. The van der Waals surface area contributed by atoms with Gasteiger partial charge >= 0.3 is 12.3 Å². The fraction of sp³-hybridized carbons (Fsp3) is 0.556. The molecular formula is C36H45ClF3N5O5S. The van der Waals surface area contributed by atoms with Crippen molar-refractivity contribution in [2.45, 2.75) is 102 Å². The molecule has 0 bridgehead atoms. The monoisotopic (exact) mass is 751 g/mol. The van der Waals surface area contributed by atoms with Crippen LogP contribution >= 0.6 is 23.5 Å². The molecule has 10 nitrogen and oxygen atoms in total. The van der Waals surface area contributed by atoms with Gasteiger partial charge in [-0.05, 0) is 134 Å². The molecular weight excluding hydrogens is 707 g/mol. The number of alkyl halides is 3. The number of halogens is 4. The molecule has 1 N–H and O–H groups in total. The zero-order valence-electron chi connectivity index (χ0n) is 29.5. The largest absolute Gasteiger partial charge is 0.494 e. The number of amides is 2. The van der Waals surface area contributed by atoms with Crippen LogP contribution in [-0.4, -0.2) is 68.7 Å². The number of rotatable bonds is 14. The smallest absolute Gasteiger partial charge is 0.410 e. The summed E-state index contributed by atoms with van der Waals surface area (Å²) in [6, 6.07) is 12.0. The number of nitrogens with one attached hydrogen (secondary N) is 1. The Hall–Kier alpha value is -3.65. The van der Waals surface area contributed by atoms with Gasteiger partial charge in [0.1, 0.15) is 16.5 Å². The third-order valence-electron chi connectivity index (χ3n) is 9.10. The normalized spacial score (nSPS) is 18.0. The number of unbranched alkanes of at least 4 members (excludes halogenated alkanes) is 1. The Morgan fingerprint density at radius 2 is 1.75 bits per heavy atom. The Bertz CT molecular complexity index is 1670. The number of hydrogen-bond acceptors (Lipinski definition) is 8. The molecule has 3 aromatic rings. The van der Waals surface area contributed by atoms with Gasteiger partial charge in [-0.25, -0.2) is 14.5 Å². The topological polar surface area (TPSA) is 108 Å². The lowest BCUT2D eigenvalue weighted by Crippen LogP contribution is -2.45. The molecule has 1 aromatic carbocycles. The third-order valence-corrected chi connectivity index (χ3v) is 10.2. The zero-order valence-corrected chi connectivity index (χ0v) is 31.1. The van der Waals surface area contributed by atoms with Crippen LogP contribution in [0, 0.1) is 11.3 Å². The van der Waals surface area contributed by atoms with Crippen LogP contribution in [0.15, 0.2) is 53.6 Å². The summed E-state index contributed by atoms with van der Waals surface area (Å²) in [4.78, 5) is 32.4. The number of aromatic nitrogens is 3. The molecule has 1 saturated heterocycles. The number of benzene rings is 1. The minimum Gasteiger partial charge on any atom is -0.494 e. The molecule has 0 radical (unpaired) electrons. The van der Waals surface area contributed by atoms with Gasteiger partial charge in [-0.15, -0.1) is 5.10 Å². The Kier molecular flexibility index (Phi) is 11.7. The average molecular weight is 752 g/mol. The first-order chi connectivity index (χ1) is 23.9. The highest BCUT2D eigenvalue weighted by Crippen LogP contribution is 2.59. The van der Waals surface area contributed by atoms with E-state index < -0.39 is 23.1 Å². The van der Waals surface area contributed by atoms with E-state index in [1.165, 1.54) is 16.8 Å². The molecule has 1 unspecified atom stereocenters. The van der Waals surface area contributed by atoms with Crippen LogP contribution < -0.4 is 14.2 Å². The Morgan fingerprint density at radius 1 is 1.02 bits per heavy atom. The van der Waals surface area contributed by atoms with Crippen molar-refractivity contribution in [3.8, 4) is 17.4 Å². The van der Waals surface area contributed by atoms with E-state index >= 15 is 0 Å². The summed E-state index contributed by atoms with van der Waals surface area (Å²) in [6.45, 7) is 11.0. The van der Waals surface area contributed by atoms with Crippen molar-refractivity contribution in [1.29, 1.82) is 0 Å². The molecule has 1 aliphatic carbocycles. The van der Waals surface area contributed by atoms with Gasteiger partial charge in [0, 0.05) is 29.2 Å². The molecule has 1 atom stereocenters. The number of carbonyl (C=O) groups is 2. The lowest BCUT2D eigenvalue weighted by atomic mass is 9.93. The fourth-order valence-electron chi connectivity index (χ4n) is 6.12. The second-order valence-electron chi connectivity index (χ2n) is 14.8. The summed E-state index contributed by atoms with van der Waals surface area (Å²) in [5.41, 5.74) is -2.22. The minimum absolute atomic E-state index is 0.0369. The lowest BCUT2D eigenvalue weighted by molar-refractivity contribution is -0.190. The van der Waals surface area contributed by atoms with Gasteiger partial charge in [0.25, 0.3) is 5.91 Å². The maximum absolute atomic E-state index is 13.1. The van der Waals surface area contributed by atoms with Crippen LogP contribution in [0.25, 0.3) is 5.82 Å². The quantitative estimate of drug-likeness (QED) is 0.0988. The molecule has 15 heteroatoms. The SMILES string of the molecule is CC(C)(C)OC(=O)N1CC(CCCCOc2ccc(SNC(=O)c3ccc(-n4ccc(OCCC5(C(F)(F)F)CC5)n4)nc3Cl)cc2)CC1(C)C. The van der Waals surface area contributed by atoms with E-state index in [0.29, 0.717) is 24.9 Å². The molecule has 1 saturated carbocycles. The van der Waals surface area contributed by atoms with E-state index in [4.69, 9.17) is 25.8 Å². The van der Waals surface area contributed by atoms with E-state index in [2.05, 4.69) is 28.7 Å². The molecule has 2 amide bonds. The first-order valence-corrected chi connectivity index (χ1v) is 18.3. The second-order valence-corrected chi connectivity index (χ2v) is 16.0. The van der Waals surface area contributed by atoms with Crippen molar-refractivity contribution in [3.05, 3.63) is 59.4 Å². The molecule has 2 fully saturated rings. The van der Waals surface area contributed by atoms with Crippen LogP contribution in [0.1, 0.15) is 89.9 Å². The molecule has 1 aliphatic heterocycles. The first-order valence-electron chi connectivity index (χ1n) is 17.1. The first kappa shape index (κ1) is 38.6. The number of hydrogen-bond donors (Lipinski definition) is 1. The van der Waals surface area contributed by atoms with Gasteiger partial charge in [0.05, 0.1) is 24.2 Å². The highest BCUT2D eigenvalue weighted by molar-refractivity contribution is 7.98. The van der Waals surface area contributed by atoms with E-state index in [9.17, 15) is 22.8 Å². The van der Waals surface area contributed by atoms with Crippen molar-refractivity contribution < 1.29 is 37.0 Å². The van der Waals surface area contributed by atoms with Gasteiger partial charge in [-0.3, -0.25) is 9.52 Å². The molecule has 5 rings (SSSR count). The van der Waals surface area contributed by atoms with Crippen LogP contribution in [0.5, 0.6) is 11.6 Å². The van der Waals surface area contributed by atoms with Crippen molar-refractivity contribution in [3.63, 3.8) is 0 Å². The average Bonchev–Trinajstić information content (AvgIpc) is 3.59. The van der Waals surface area contributed by atoms with Crippen molar-refractivity contribution in [2.75, 3.05) is 19.8 Å². The van der Waals surface area contributed by atoms with E-state index in [0.717, 1.165) is 48.3 Å². The molecule has 3 heterocycles. The minimum atomic E-state index is -4.23. The van der Waals surface area contributed by atoms with Crippen LogP contribution in [-0.2, 0) is 4.74 Å². The zero-order chi connectivity index (χ0) is 37.0. The summed E-state index contributed by atoms with van der Waals surface area (Å²) < 4.78 is 60.5. The number of ether oxygens (including phenoxy) is 3. The van der Waals surface area contributed by atoms with E-state index in [1.54, 1.807) is 12.3 Å². The highest BCUT2D eigenvalue weighted by atomic mass is 35.5. The number of pyridine rings is 1. The maximum Gasteiger partial charge on any atom is 0.410 e. The Morgan fingerprint density at radius 3 is 2.39 bits per heavy atom. The fourth-order valence-corrected chi connectivity index (χ4v) is 6.95. The summed E-state index contributed by atoms with van der Waals surface area (Å²) >= 11 is 7.46. The molecule has 0 spiro atoms. The number of nitrogens with zero attached hydrogens (tertiary/aromatic N) is 4. The second kappa shape index (κ2) is 15.5. The van der Waals surface area contributed by atoms with E-state index in [1.807, 2.05) is 49.9 Å². The molecule has 51 heavy (non-hydrogen) atoms. The summed E-state index contributed by atoms with van der Waals surface area (Å²) in [6.07, 6.45) is 1.05. The van der Waals surface area contributed by atoms with Crippen LogP contribution in [0.4, 0.5) is 18.0 Å². The third kappa shape index (κ3) is 10.2. The van der Waals surface area contributed by atoms with Crippen molar-refractivity contribution >= 4 is 35.5 Å². The number of carbonyl (C=O) groups excluding carboxylic acids is 2. The molecule has 2 aliphatic rings. The van der Waals surface area contributed by atoms with E-state index in [-0.39, 0.29) is 54.1 Å². The predicted molar refractivity (Wildman–Crippen MR) is 188 cm³/mol. The van der Waals surface area contributed by atoms with Gasteiger partial charge in [0.2, 0.25) is 5.88 Å². The van der Waals surface area contributed by atoms with Crippen molar-refractivity contribution in [1.82, 2.24) is 24.4 Å². The number of likely N-dealkylation sites (tertiary alicyclic amines) is 1. The highest BCUT2D eigenvalue weighted by Gasteiger charge is 2.62. The molecule has 2 aromatic heterocycles. The Balaban J connectivity index is 1.00. The van der Waals surface area contributed by atoms with Crippen LogP contribution in [0.2, 0.25) is 5.15 Å². The van der Waals surface area contributed by atoms with Gasteiger partial charge in [0.15, 0.2) is 5.82 Å². The van der Waals surface area contributed by atoms with Gasteiger partial charge < -0.3 is 19.1 Å². The summed E-state index contributed by atoms with van der Waals surface area (Å²) in [5, 5.41) is 4.17. The van der Waals surface area contributed by atoms with Crippen molar-refractivity contribution in [2.24, 2.45) is 11.3 Å².